The van der Waals surface area contributed by atoms with E-state index in [9.17, 15) is 4.79 Å². The fourth-order valence-corrected chi connectivity index (χ4v) is 2.19. The van der Waals surface area contributed by atoms with Crippen LogP contribution in [-0.4, -0.2) is 17.3 Å². The zero-order valence-electron chi connectivity index (χ0n) is 10.9. The summed E-state index contributed by atoms with van der Waals surface area (Å²) in [5.41, 5.74) is 6.41. The summed E-state index contributed by atoms with van der Waals surface area (Å²) in [4.78, 5) is 15.8. The van der Waals surface area contributed by atoms with E-state index in [-0.39, 0.29) is 5.78 Å². The van der Waals surface area contributed by atoms with Crippen LogP contribution in [-0.2, 0) is 11.2 Å². The molecule has 1 aromatic heterocycles. The summed E-state index contributed by atoms with van der Waals surface area (Å²) in [6.07, 6.45) is 7.26. The quantitative estimate of drug-likeness (QED) is 0.789. The predicted molar refractivity (Wildman–Crippen MR) is 74.6 cm³/mol. The molecule has 0 saturated carbocycles. The zero-order chi connectivity index (χ0) is 13.4. The maximum Gasteiger partial charge on any atom is 0.137 e. The van der Waals surface area contributed by atoms with Crippen molar-refractivity contribution in [1.29, 1.82) is 0 Å². The van der Waals surface area contributed by atoms with Crippen LogP contribution in [0.3, 0.4) is 0 Å². The molecule has 1 aromatic rings. The van der Waals surface area contributed by atoms with Gasteiger partial charge < -0.3 is 5.73 Å². The molecule has 0 radical (unpaired) electrons. The maximum absolute atomic E-state index is 11.9. The minimum atomic E-state index is 0.235. The third kappa shape index (κ3) is 5.15. The lowest BCUT2D eigenvalue weighted by molar-refractivity contribution is -0.118. The number of nitrogens with zero attached hydrogens (tertiary/aromatic N) is 1. The largest absolute Gasteiger partial charge is 0.330 e. The standard InChI is InChI=1S/C14H21ClN2O/c1-2-11(5-7-16)3-4-13(18)9-12-6-8-17-10-14(12)15/h6,8,10-11H,2-5,7,9,16H2,1H3. The van der Waals surface area contributed by atoms with E-state index in [0.29, 0.717) is 30.3 Å². The molecule has 0 bridgehead atoms. The first kappa shape index (κ1) is 15.1. The first-order chi connectivity index (χ1) is 8.67. The smallest absolute Gasteiger partial charge is 0.137 e. The first-order valence-electron chi connectivity index (χ1n) is 6.47. The molecule has 1 rings (SSSR count). The SMILES string of the molecule is CCC(CCN)CCC(=O)Cc1ccncc1Cl. The number of Topliss-reactive ketones (excluding diaryl/α,β-unsaturated/α-hetero) is 1. The lowest BCUT2D eigenvalue weighted by atomic mass is 9.94. The van der Waals surface area contributed by atoms with Crippen molar-refractivity contribution in [3.63, 3.8) is 0 Å². The minimum absolute atomic E-state index is 0.235. The lowest BCUT2D eigenvalue weighted by Crippen LogP contribution is -2.11. The van der Waals surface area contributed by atoms with E-state index >= 15 is 0 Å². The number of hydrogen-bond acceptors (Lipinski definition) is 3. The molecule has 1 heterocycles. The van der Waals surface area contributed by atoms with E-state index in [1.165, 1.54) is 0 Å². The van der Waals surface area contributed by atoms with E-state index in [2.05, 4.69) is 11.9 Å². The molecule has 0 fully saturated rings. The Bertz CT molecular complexity index is 382. The number of carbonyl (C=O) groups is 1. The van der Waals surface area contributed by atoms with Crippen LogP contribution in [0.2, 0.25) is 5.02 Å². The molecule has 0 aliphatic heterocycles. The molecule has 1 atom stereocenters. The molecule has 0 aromatic carbocycles. The van der Waals surface area contributed by atoms with Gasteiger partial charge in [-0.3, -0.25) is 9.78 Å². The van der Waals surface area contributed by atoms with Gasteiger partial charge in [0.2, 0.25) is 0 Å². The van der Waals surface area contributed by atoms with Crippen molar-refractivity contribution in [2.75, 3.05) is 6.54 Å². The molecular weight excluding hydrogens is 248 g/mol. The van der Waals surface area contributed by atoms with Crippen LogP contribution >= 0.6 is 11.6 Å². The Labute approximate surface area is 114 Å². The Hall–Kier alpha value is -0.930. The van der Waals surface area contributed by atoms with Gasteiger partial charge in [0.25, 0.3) is 0 Å². The van der Waals surface area contributed by atoms with E-state index < -0.39 is 0 Å². The van der Waals surface area contributed by atoms with Crippen molar-refractivity contribution in [2.24, 2.45) is 11.7 Å². The molecule has 0 amide bonds. The molecular formula is C14H21ClN2O. The maximum atomic E-state index is 11.9. The average Bonchev–Trinajstić information content (AvgIpc) is 2.37. The highest BCUT2D eigenvalue weighted by Crippen LogP contribution is 2.18. The van der Waals surface area contributed by atoms with E-state index in [1.54, 1.807) is 18.5 Å². The summed E-state index contributed by atoms with van der Waals surface area (Å²) in [7, 11) is 0. The summed E-state index contributed by atoms with van der Waals surface area (Å²) in [6, 6.07) is 1.80. The van der Waals surface area contributed by atoms with E-state index in [0.717, 1.165) is 24.8 Å². The number of rotatable bonds is 8. The number of halogens is 1. The van der Waals surface area contributed by atoms with Gasteiger partial charge in [-0.1, -0.05) is 24.9 Å². The number of pyridine rings is 1. The highest BCUT2D eigenvalue weighted by atomic mass is 35.5. The topological polar surface area (TPSA) is 56.0 Å². The summed E-state index contributed by atoms with van der Waals surface area (Å²) < 4.78 is 0. The van der Waals surface area contributed by atoms with Crippen LogP contribution in [0.25, 0.3) is 0 Å². The number of nitrogens with two attached hydrogens (primary N) is 1. The Kier molecular flexibility index (Phi) is 6.91. The molecule has 2 N–H and O–H groups in total. The van der Waals surface area contributed by atoms with Gasteiger partial charge in [-0.25, -0.2) is 0 Å². The zero-order valence-corrected chi connectivity index (χ0v) is 11.6. The van der Waals surface area contributed by atoms with Crippen LogP contribution in [0.4, 0.5) is 0 Å². The summed E-state index contributed by atoms with van der Waals surface area (Å²) in [5.74, 6) is 0.797. The van der Waals surface area contributed by atoms with Crippen LogP contribution in [0.1, 0.15) is 38.2 Å². The Morgan fingerprint density at radius 2 is 2.28 bits per heavy atom. The van der Waals surface area contributed by atoms with Crippen molar-refractivity contribution < 1.29 is 4.79 Å². The average molecular weight is 269 g/mol. The van der Waals surface area contributed by atoms with E-state index in [1.807, 2.05) is 0 Å². The highest BCUT2D eigenvalue weighted by Gasteiger charge is 2.11. The van der Waals surface area contributed by atoms with Gasteiger partial charge in [-0.15, -0.1) is 0 Å². The number of ketones is 1. The molecule has 0 aliphatic carbocycles. The summed E-state index contributed by atoms with van der Waals surface area (Å²) >= 11 is 5.98. The molecule has 0 spiro atoms. The predicted octanol–water partition coefficient (Wildman–Crippen LogP) is 3.00. The van der Waals surface area contributed by atoms with Gasteiger partial charge >= 0.3 is 0 Å². The third-order valence-corrected chi connectivity index (χ3v) is 3.57. The van der Waals surface area contributed by atoms with Gasteiger partial charge in [0, 0.05) is 25.2 Å². The molecule has 0 saturated heterocycles. The molecule has 4 heteroatoms. The molecule has 18 heavy (non-hydrogen) atoms. The van der Waals surface area contributed by atoms with E-state index in [4.69, 9.17) is 17.3 Å². The number of aromatic nitrogens is 1. The van der Waals surface area contributed by atoms with Crippen LogP contribution in [0, 0.1) is 5.92 Å². The monoisotopic (exact) mass is 268 g/mol. The van der Waals surface area contributed by atoms with Crippen LogP contribution in [0.15, 0.2) is 18.5 Å². The Morgan fingerprint density at radius 3 is 2.89 bits per heavy atom. The number of carbonyl (C=O) groups excluding carboxylic acids is 1. The van der Waals surface area contributed by atoms with Crippen LogP contribution in [0.5, 0.6) is 0 Å². The van der Waals surface area contributed by atoms with Crippen molar-refractivity contribution in [2.45, 2.75) is 39.0 Å². The van der Waals surface area contributed by atoms with Gasteiger partial charge in [0.15, 0.2) is 0 Å². The summed E-state index contributed by atoms with van der Waals surface area (Å²) in [5, 5.41) is 0.569. The van der Waals surface area contributed by atoms with Crippen molar-refractivity contribution >= 4 is 17.4 Å². The second kappa shape index (κ2) is 8.22. The van der Waals surface area contributed by atoms with Crippen LogP contribution < -0.4 is 5.73 Å². The summed E-state index contributed by atoms with van der Waals surface area (Å²) in [6.45, 7) is 2.84. The lowest BCUT2D eigenvalue weighted by Gasteiger charge is -2.12. The third-order valence-electron chi connectivity index (χ3n) is 3.23. The molecule has 1 unspecified atom stereocenters. The number of hydrogen-bond donors (Lipinski definition) is 1. The molecule has 3 nitrogen and oxygen atoms in total. The second-order valence-corrected chi connectivity index (χ2v) is 4.98. The van der Waals surface area contributed by atoms with Gasteiger partial charge in [0.05, 0.1) is 5.02 Å². The van der Waals surface area contributed by atoms with Gasteiger partial charge in [-0.05, 0) is 36.9 Å². The first-order valence-corrected chi connectivity index (χ1v) is 6.85. The van der Waals surface area contributed by atoms with Crippen molar-refractivity contribution in [3.05, 3.63) is 29.0 Å². The van der Waals surface area contributed by atoms with Crippen molar-refractivity contribution in [1.82, 2.24) is 4.98 Å². The molecule has 0 aliphatic rings. The van der Waals surface area contributed by atoms with Crippen molar-refractivity contribution in [3.8, 4) is 0 Å². The Morgan fingerprint density at radius 1 is 1.50 bits per heavy atom. The molecule has 100 valence electrons. The fraction of sp³-hybridized carbons (Fsp3) is 0.571. The van der Waals surface area contributed by atoms with Gasteiger partial charge in [0.1, 0.15) is 5.78 Å². The normalized spacial score (nSPS) is 12.4. The Balaban J connectivity index is 2.40. The minimum Gasteiger partial charge on any atom is -0.330 e. The highest BCUT2D eigenvalue weighted by molar-refractivity contribution is 6.31. The second-order valence-electron chi connectivity index (χ2n) is 4.57. The fourth-order valence-electron chi connectivity index (χ4n) is 2.00. The van der Waals surface area contributed by atoms with Gasteiger partial charge in [-0.2, -0.15) is 0 Å².